The van der Waals surface area contributed by atoms with Crippen LogP contribution in [0.3, 0.4) is 0 Å². The number of ketones is 1. The zero-order chi connectivity index (χ0) is 13.9. The predicted octanol–water partition coefficient (Wildman–Crippen LogP) is 4.86. The molecule has 0 unspecified atom stereocenters. The first-order valence-electron chi connectivity index (χ1n) is 6.82. The summed E-state index contributed by atoms with van der Waals surface area (Å²) in [4.78, 5) is 12.4. The molecule has 0 aromatic heterocycles. The molecule has 0 heterocycles. The molecule has 1 nitrogen and oxygen atoms in total. The first-order chi connectivity index (χ1) is 9.74. The summed E-state index contributed by atoms with van der Waals surface area (Å²) in [5, 5.41) is 2.26. The fourth-order valence-corrected chi connectivity index (χ4v) is 2.42. The molecule has 0 fully saturated rings. The van der Waals surface area contributed by atoms with Crippen LogP contribution < -0.4 is 0 Å². The van der Waals surface area contributed by atoms with E-state index >= 15 is 0 Å². The number of hydrogen-bond acceptors (Lipinski definition) is 1. The Kier molecular flexibility index (Phi) is 3.34. The molecule has 0 aliphatic heterocycles. The molecule has 20 heavy (non-hydrogen) atoms. The maximum absolute atomic E-state index is 12.4. The van der Waals surface area contributed by atoms with E-state index in [4.69, 9.17) is 0 Å². The predicted molar refractivity (Wildman–Crippen MR) is 83.9 cm³/mol. The van der Waals surface area contributed by atoms with Crippen LogP contribution in [0.5, 0.6) is 0 Å². The van der Waals surface area contributed by atoms with Crippen molar-refractivity contribution in [2.24, 2.45) is 0 Å². The summed E-state index contributed by atoms with van der Waals surface area (Å²) in [6, 6.07) is 13.9. The van der Waals surface area contributed by atoms with Crippen LogP contribution in [0.1, 0.15) is 23.7 Å². The average Bonchev–Trinajstić information content (AvgIpc) is 2.49. The van der Waals surface area contributed by atoms with E-state index in [1.807, 2.05) is 49.4 Å². The molecule has 0 N–H and O–H groups in total. The quantitative estimate of drug-likeness (QED) is 0.557. The van der Waals surface area contributed by atoms with Crippen molar-refractivity contribution in [1.29, 1.82) is 0 Å². The third-order valence-corrected chi connectivity index (χ3v) is 3.63. The molecule has 1 heteroatoms. The molecule has 0 atom stereocenters. The van der Waals surface area contributed by atoms with Gasteiger partial charge >= 0.3 is 0 Å². The molecule has 0 spiro atoms. The van der Waals surface area contributed by atoms with Gasteiger partial charge in [0.05, 0.1) is 0 Å². The van der Waals surface area contributed by atoms with Gasteiger partial charge in [-0.3, -0.25) is 4.79 Å². The molecular weight excluding hydrogens is 244 g/mol. The number of allylic oxidation sites excluding steroid dienone is 6. The van der Waals surface area contributed by atoms with Gasteiger partial charge in [0.25, 0.3) is 0 Å². The summed E-state index contributed by atoms with van der Waals surface area (Å²) in [6.07, 6.45) is 8.92. The van der Waals surface area contributed by atoms with Crippen molar-refractivity contribution >= 4 is 16.6 Å². The van der Waals surface area contributed by atoms with E-state index < -0.39 is 0 Å². The second-order valence-corrected chi connectivity index (χ2v) is 5.05. The summed E-state index contributed by atoms with van der Waals surface area (Å²) >= 11 is 0. The maximum atomic E-state index is 12.4. The minimum atomic E-state index is 0.0602. The Morgan fingerprint density at radius 3 is 2.70 bits per heavy atom. The van der Waals surface area contributed by atoms with Crippen LogP contribution in [-0.2, 0) is 0 Å². The fourth-order valence-electron chi connectivity index (χ4n) is 2.42. The number of rotatable bonds is 2. The number of benzene rings is 2. The van der Waals surface area contributed by atoms with Crippen LogP contribution in [0.15, 0.2) is 77.9 Å². The molecule has 1 aliphatic carbocycles. The van der Waals surface area contributed by atoms with Gasteiger partial charge in [-0.05, 0) is 47.4 Å². The molecule has 0 amide bonds. The SMILES string of the molecule is CC1=CCC=CC1=CC(=O)c1ccc2ccccc2c1. The third-order valence-electron chi connectivity index (χ3n) is 3.63. The van der Waals surface area contributed by atoms with Crippen molar-refractivity contribution in [2.45, 2.75) is 13.3 Å². The summed E-state index contributed by atoms with van der Waals surface area (Å²) in [7, 11) is 0. The zero-order valence-corrected chi connectivity index (χ0v) is 11.5. The van der Waals surface area contributed by atoms with E-state index in [2.05, 4.69) is 18.2 Å². The summed E-state index contributed by atoms with van der Waals surface area (Å²) in [6.45, 7) is 2.04. The van der Waals surface area contributed by atoms with Crippen LogP contribution in [-0.4, -0.2) is 5.78 Å². The maximum Gasteiger partial charge on any atom is 0.186 e. The minimum absolute atomic E-state index is 0.0602. The molecule has 0 saturated heterocycles. The second-order valence-electron chi connectivity index (χ2n) is 5.05. The van der Waals surface area contributed by atoms with Gasteiger partial charge in [0, 0.05) is 5.56 Å². The van der Waals surface area contributed by atoms with E-state index in [1.54, 1.807) is 6.08 Å². The number of carbonyl (C=O) groups is 1. The molecule has 3 rings (SSSR count). The van der Waals surface area contributed by atoms with Crippen LogP contribution in [0.2, 0.25) is 0 Å². The molecular formula is C19H16O. The van der Waals surface area contributed by atoms with E-state index in [1.165, 1.54) is 5.57 Å². The highest BCUT2D eigenvalue weighted by molar-refractivity contribution is 6.07. The molecule has 2 aromatic rings. The van der Waals surface area contributed by atoms with Crippen LogP contribution in [0.4, 0.5) is 0 Å². The van der Waals surface area contributed by atoms with Crippen molar-refractivity contribution in [1.82, 2.24) is 0 Å². The van der Waals surface area contributed by atoms with E-state index in [0.717, 1.165) is 28.3 Å². The van der Waals surface area contributed by atoms with Gasteiger partial charge in [0.2, 0.25) is 0 Å². The molecule has 1 aliphatic rings. The highest BCUT2D eigenvalue weighted by Crippen LogP contribution is 2.20. The molecule has 0 bridgehead atoms. The highest BCUT2D eigenvalue weighted by Gasteiger charge is 2.07. The lowest BCUT2D eigenvalue weighted by Crippen LogP contribution is -1.98. The van der Waals surface area contributed by atoms with Gasteiger partial charge in [-0.15, -0.1) is 0 Å². The molecule has 98 valence electrons. The average molecular weight is 260 g/mol. The van der Waals surface area contributed by atoms with E-state index in [9.17, 15) is 4.79 Å². The van der Waals surface area contributed by atoms with Gasteiger partial charge in [0.15, 0.2) is 5.78 Å². The molecule has 0 saturated carbocycles. The smallest absolute Gasteiger partial charge is 0.186 e. The second kappa shape index (κ2) is 5.30. The van der Waals surface area contributed by atoms with Crippen molar-refractivity contribution in [2.75, 3.05) is 0 Å². The number of hydrogen-bond donors (Lipinski definition) is 0. The normalized spacial score (nSPS) is 16.4. The summed E-state index contributed by atoms with van der Waals surface area (Å²) in [5.41, 5.74) is 2.92. The Morgan fingerprint density at radius 2 is 1.90 bits per heavy atom. The topological polar surface area (TPSA) is 17.1 Å². The van der Waals surface area contributed by atoms with Gasteiger partial charge in [0.1, 0.15) is 0 Å². The first-order valence-corrected chi connectivity index (χ1v) is 6.82. The lowest BCUT2D eigenvalue weighted by atomic mass is 9.97. The van der Waals surface area contributed by atoms with Crippen LogP contribution in [0.25, 0.3) is 10.8 Å². The lowest BCUT2D eigenvalue weighted by molar-refractivity contribution is 0.104. The van der Waals surface area contributed by atoms with Gasteiger partial charge in [-0.1, -0.05) is 54.6 Å². The minimum Gasteiger partial charge on any atom is -0.289 e. The van der Waals surface area contributed by atoms with E-state index in [-0.39, 0.29) is 5.78 Å². The monoisotopic (exact) mass is 260 g/mol. The van der Waals surface area contributed by atoms with Crippen LogP contribution in [0, 0.1) is 0 Å². The van der Waals surface area contributed by atoms with Gasteiger partial charge in [-0.25, -0.2) is 0 Å². The molecule has 2 aromatic carbocycles. The van der Waals surface area contributed by atoms with Gasteiger partial charge < -0.3 is 0 Å². The van der Waals surface area contributed by atoms with Crippen molar-refractivity contribution < 1.29 is 4.79 Å². The highest BCUT2D eigenvalue weighted by atomic mass is 16.1. The molecule has 0 radical (unpaired) electrons. The Balaban J connectivity index is 1.96. The summed E-state index contributed by atoms with van der Waals surface area (Å²) < 4.78 is 0. The number of carbonyl (C=O) groups excluding carboxylic acids is 1. The van der Waals surface area contributed by atoms with Crippen molar-refractivity contribution in [3.05, 3.63) is 83.5 Å². The Bertz CT molecular complexity index is 760. The largest absolute Gasteiger partial charge is 0.289 e. The Hall–Kier alpha value is -2.41. The zero-order valence-electron chi connectivity index (χ0n) is 11.5. The standard InChI is InChI=1S/C19H16O/c1-14-6-2-3-8-16(14)13-19(20)18-11-10-15-7-4-5-9-17(15)12-18/h3-13H,2H2,1H3. The van der Waals surface area contributed by atoms with Crippen molar-refractivity contribution in [3.8, 4) is 0 Å². The number of fused-ring (bicyclic) bond motifs is 1. The first kappa shape index (κ1) is 12.6. The Morgan fingerprint density at radius 1 is 1.10 bits per heavy atom. The van der Waals surface area contributed by atoms with Gasteiger partial charge in [-0.2, -0.15) is 0 Å². The van der Waals surface area contributed by atoms with Crippen molar-refractivity contribution in [3.63, 3.8) is 0 Å². The third kappa shape index (κ3) is 2.48. The fraction of sp³-hybridized carbons (Fsp3) is 0.105. The Labute approximate surface area is 118 Å². The lowest BCUT2D eigenvalue weighted by Gasteiger charge is -2.07. The van der Waals surface area contributed by atoms with E-state index in [0.29, 0.717) is 0 Å². The van der Waals surface area contributed by atoms with Crippen LogP contribution >= 0.6 is 0 Å². The summed E-state index contributed by atoms with van der Waals surface area (Å²) in [5.74, 6) is 0.0602.